The van der Waals surface area contributed by atoms with Crippen molar-refractivity contribution in [1.29, 1.82) is 0 Å². The maximum atomic E-state index is 12.6. The molecule has 0 unspecified atom stereocenters. The molecule has 2 N–H and O–H groups in total. The molecule has 0 radical (unpaired) electrons. The van der Waals surface area contributed by atoms with Gasteiger partial charge in [0.15, 0.2) is 11.5 Å². The summed E-state index contributed by atoms with van der Waals surface area (Å²) in [5, 5.41) is 6.15. The number of urea groups is 1. The van der Waals surface area contributed by atoms with E-state index in [0.29, 0.717) is 43.4 Å². The summed E-state index contributed by atoms with van der Waals surface area (Å²) >= 11 is 0. The van der Waals surface area contributed by atoms with Gasteiger partial charge in [0.2, 0.25) is 0 Å². The van der Waals surface area contributed by atoms with Gasteiger partial charge in [-0.15, -0.1) is 0 Å². The number of aryl methyl sites for hydroxylation is 1. The lowest BCUT2D eigenvalue weighted by Crippen LogP contribution is -2.50. The first-order valence-electron chi connectivity index (χ1n) is 9.66. The Balaban J connectivity index is 1.60. The predicted octanol–water partition coefficient (Wildman–Crippen LogP) is 2.59. The highest BCUT2D eigenvalue weighted by molar-refractivity contribution is 5.90. The number of ether oxygens (including phenoxy) is 2. The molecule has 2 heterocycles. The second-order valence-electron chi connectivity index (χ2n) is 6.66. The first-order valence-corrected chi connectivity index (χ1v) is 9.66. The van der Waals surface area contributed by atoms with Crippen LogP contribution in [0.3, 0.4) is 0 Å². The number of carbonyl (C=O) groups is 1. The fraction of sp³-hybridized carbons (Fsp3) is 0.450. The van der Waals surface area contributed by atoms with Crippen LogP contribution in [0.2, 0.25) is 0 Å². The van der Waals surface area contributed by atoms with Crippen LogP contribution < -0.4 is 25.0 Å². The zero-order chi connectivity index (χ0) is 20.8. The molecule has 156 valence electrons. The van der Waals surface area contributed by atoms with Crippen LogP contribution in [-0.2, 0) is 0 Å². The lowest BCUT2D eigenvalue weighted by molar-refractivity contribution is 0.208. The Morgan fingerprint density at radius 2 is 1.79 bits per heavy atom. The number of rotatable bonds is 6. The average Bonchev–Trinajstić information content (AvgIpc) is 2.73. The van der Waals surface area contributed by atoms with Crippen molar-refractivity contribution >= 4 is 23.4 Å². The summed E-state index contributed by atoms with van der Waals surface area (Å²) in [6.45, 7) is 7.37. The third kappa shape index (κ3) is 4.98. The quantitative estimate of drug-likeness (QED) is 0.770. The summed E-state index contributed by atoms with van der Waals surface area (Å²) < 4.78 is 10.5. The van der Waals surface area contributed by atoms with Crippen LogP contribution >= 0.6 is 0 Å². The molecule has 0 spiro atoms. The predicted molar refractivity (Wildman–Crippen MR) is 113 cm³/mol. The number of benzene rings is 1. The second kappa shape index (κ2) is 9.31. The maximum absolute atomic E-state index is 12.6. The molecule has 3 rings (SSSR count). The number of carbonyl (C=O) groups excluding carboxylic acids is 1. The number of hydrogen-bond donors (Lipinski definition) is 2. The van der Waals surface area contributed by atoms with Crippen LogP contribution in [0.5, 0.6) is 11.5 Å². The van der Waals surface area contributed by atoms with Gasteiger partial charge in [-0.05, 0) is 26.0 Å². The zero-order valence-corrected chi connectivity index (χ0v) is 17.4. The Labute approximate surface area is 171 Å². The van der Waals surface area contributed by atoms with Gasteiger partial charge < -0.3 is 29.9 Å². The molecule has 1 aliphatic heterocycles. The lowest BCUT2D eigenvalue weighted by Gasteiger charge is -2.35. The standard InChI is InChI=1S/C20H28N6O3/c1-5-21-18-13-19(23-14(2)22-18)25-8-10-26(11-9-25)20(27)24-15-6-7-16(28-3)17(12-15)29-4/h6-7,12-13H,5,8-11H2,1-4H3,(H,24,27)(H,21,22,23). The molecule has 9 nitrogen and oxygen atoms in total. The molecule has 9 heteroatoms. The van der Waals surface area contributed by atoms with Crippen molar-refractivity contribution in [3.8, 4) is 11.5 Å². The molecule has 1 aliphatic rings. The molecule has 1 saturated heterocycles. The Morgan fingerprint density at radius 1 is 1.07 bits per heavy atom. The zero-order valence-electron chi connectivity index (χ0n) is 17.4. The third-order valence-corrected chi connectivity index (χ3v) is 4.71. The molecule has 2 aromatic rings. The number of methoxy groups -OCH3 is 2. The van der Waals surface area contributed by atoms with E-state index >= 15 is 0 Å². The first kappa shape index (κ1) is 20.5. The van der Waals surface area contributed by atoms with E-state index in [1.54, 1.807) is 37.3 Å². The molecular formula is C20H28N6O3. The van der Waals surface area contributed by atoms with E-state index in [1.165, 1.54) is 0 Å². The molecule has 1 fully saturated rings. The van der Waals surface area contributed by atoms with E-state index < -0.39 is 0 Å². The fourth-order valence-corrected chi connectivity index (χ4v) is 3.24. The molecule has 1 aromatic carbocycles. The lowest BCUT2D eigenvalue weighted by atomic mass is 10.2. The van der Waals surface area contributed by atoms with Crippen molar-refractivity contribution in [2.45, 2.75) is 13.8 Å². The van der Waals surface area contributed by atoms with E-state index in [1.807, 2.05) is 19.9 Å². The van der Waals surface area contributed by atoms with Crippen LogP contribution in [0.1, 0.15) is 12.7 Å². The molecule has 0 aliphatic carbocycles. The van der Waals surface area contributed by atoms with Gasteiger partial charge in [-0.1, -0.05) is 0 Å². The molecule has 0 saturated carbocycles. The van der Waals surface area contributed by atoms with Crippen molar-refractivity contribution in [3.63, 3.8) is 0 Å². The van der Waals surface area contributed by atoms with Crippen LogP contribution in [-0.4, -0.2) is 67.8 Å². The minimum absolute atomic E-state index is 0.135. The number of aromatic nitrogens is 2. The number of nitrogens with one attached hydrogen (secondary N) is 2. The molecule has 2 amide bonds. The van der Waals surface area contributed by atoms with Crippen LogP contribution in [0.15, 0.2) is 24.3 Å². The van der Waals surface area contributed by atoms with Crippen LogP contribution in [0.4, 0.5) is 22.1 Å². The van der Waals surface area contributed by atoms with Crippen molar-refractivity contribution in [3.05, 3.63) is 30.1 Å². The number of amides is 2. The van der Waals surface area contributed by atoms with E-state index in [-0.39, 0.29) is 6.03 Å². The van der Waals surface area contributed by atoms with E-state index in [2.05, 4.69) is 25.5 Å². The normalized spacial score (nSPS) is 13.8. The van der Waals surface area contributed by atoms with Gasteiger partial charge in [0, 0.05) is 50.5 Å². The fourth-order valence-electron chi connectivity index (χ4n) is 3.24. The smallest absolute Gasteiger partial charge is 0.321 e. The third-order valence-electron chi connectivity index (χ3n) is 4.71. The van der Waals surface area contributed by atoms with Crippen molar-refractivity contribution in [1.82, 2.24) is 14.9 Å². The minimum atomic E-state index is -0.135. The summed E-state index contributed by atoms with van der Waals surface area (Å²) in [7, 11) is 3.15. The highest BCUT2D eigenvalue weighted by atomic mass is 16.5. The number of piperazine rings is 1. The minimum Gasteiger partial charge on any atom is -0.493 e. The van der Waals surface area contributed by atoms with Gasteiger partial charge in [-0.3, -0.25) is 0 Å². The maximum Gasteiger partial charge on any atom is 0.321 e. The largest absolute Gasteiger partial charge is 0.493 e. The Kier molecular flexibility index (Phi) is 6.58. The summed E-state index contributed by atoms with van der Waals surface area (Å²) in [6, 6.07) is 7.13. The summed E-state index contributed by atoms with van der Waals surface area (Å²) in [4.78, 5) is 25.6. The highest BCUT2D eigenvalue weighted by Gasteiger charge is 2.23. The summed E-state index contributed by atoms with van der Waals surface area (Å²) in [5.41, 5.74) is 0.664. The van der Waals surface area contributed by atoms with E-state index in [9.17, 15) is 4.79 Å². The number of nitrogens with zero attached hydrogens (tertiary/aromatic N) is 4. The topological polar surface area (TPSA) is 91.9 Å². The van der Waals surface area contributed by atoms with Crippen molar-refractivity contribution < 1.29 is 14.3 Å². The Bertz CT molecular complexity index is 852. The molecule has 0 bridgehead atoms. The number of anilines is 3. The van der Waals surface area contributed by atoms with Gasteiger partial charge in [0.1, 0.15) is 17.5 Å². The SMILES string of the molecule is CCNc1cc(N2CCN(C(=O)Nc3ccc(OC)c(OC)c3)CC2)nc(C)n1. The van der Waals surface area contributed by atoms with Gasteiger partial charge in [0.05, 0.1) is 14.2 Å². The molecule has 1 aromatic heterocycles. The molecule has 0 atom stereocenters. The second-order valence-corrected chi connectivity index (χ2v) is 6.66. The number of hydrogen-bond acceptors (Lipinski definition) is 7. The van der Waals surface area contributed by atoms with Crippen molar-refractivity contribution in [2.75, 3.05) is 62.5 Å². The summed E-state index contributed by atoms with van der Waals surface area (Å²) in [6.07, 6.45) is 0. The van der Waals surface area contributed by atoms with Crippen LogP contribution in [0, 0.1) is 6.92 Å². The Hall–Kier alpha value is -3.23. The van der Waals surface area contributed by atoms with Crippen LogP contribution in [0.25, 0.3) is 0 Å². The molecular weight excluding hydrogens is 372 g/mol. The van der Waals surface area contributed by atoms with Gasteiger partial charge >= 0.3 is 6.03 Å². The summed E-state index contributed by atoms with van der Waals surface area (Å²) in [5.74, 6) is 3.63. The van der Waals surface area contributed by atoms with E-state index in [4.69, 9.17) is 9.47 Å². The monoisotopic (exact) mass is 400 g/mol. The van der Waals surface area contributed by atoms with Gasteiger partial charge in [-0.25, -0.2) is 14.8 Å². The first-order chi connectivity index (χ1) is 14.0. The molecule has 29 heavy (non-hydrogen) atoms. The highest BCUT2D eigenvalue weighted by Crippen LogP contribution is 2.30. The Morgan fingerprint density at radius 3 is 2.45 bits per heavy atom. The van der Waals surface area contributed by atoms with Gasteiger partial charge in [0.25, 0.3) is 0 Å². The van der Waals surface area contributed by atoms with Crippen molar-refractivity contribution in [2.24, 2.45) is 0 Å². The van der Waals surface area contributed by atoms with Gasteiger partial charge in [-0.2, -0.15) is 0 Å². The van der Waals surface area contributed by atoms with E-state index in [0.717, 1.165) is 24.0 Å². The average molecular weight is 400 g/mol.